The molecule has 0 aliphatic rings. The number of hydrogen-bond acceptors (Lipinski definition) is 3. The summed E-state index contributed by atoms with van der Waals surface area (Å²) in [5, 5.41) is 9.42. The summed E-state index contributed by atoms with van der Waals surface area (Å²) in [5.74, 6) is -0.665. The molecule has 1 aromatic carbocycles. The van der Waals surface area contributed by atoms with Crippen molar-refractivity contribution in [2.24, 2.45) is 0 Å². The SMILES string of the molecule is Cc1cc(N)c(O)c(C(=O)CCl)c1. The van der Waals surface area contributed by atoms with Crippen LogP contribution in [0, 0.1) is 6.92 Å². The summed E-state index contributed by atoms with van der Waals surface area (Å²) < 4.78 is 0. The molecule has 4 heteroatoms. The van der Waals surface area contributed by atoms with Gasteiger partial charge in [-0.05, 0) is 24.6 Å². The third-order valence-electron chi connectivity index (χ3n) is 1.71. The van der Waals surface area contributed by atoms with Gasteiger partial charge in [0.05, 0.1) is 17.1 Å². The summed E-state index contributed by atoms with van der Waals surface area (Å²) in [5.41, 5.74) is 6.68. The number of rotatable bonds is 2. The van der Waals surface area contributed by atoms with Crippen LogP contribution < -0.4 is 5.73 Å². The van der Waals surface area contributed by atoms with Crippen LogP contribution in [0.2, 0.25) is 0 Å². The molecule has 70 valence electrons. The maximum atomic E-state index is 11.2. The predicted octanol–water partition coefficient (Wildman–Crippen LogP) is 1.70. The molecule has 13 heavy (non-hydrogen) atoms. The van der Waals surface area contributed by atoms with Gasteiger partial charge in [0.25, 0.3) is 0 Å². The highest BCUT2D eigenvalue weighted by atomic mass is 35.5. The monoisotopic (exact) mass is 199 g/mol. The van der Waals surface area contributed by atoms with Crippen molar-refractivity contribution in [3.05, 3.63) is 23.3 Å². The third-order valence-corrected chi connectivity index (χ3v) is 1.95. The summed E-state index contributed by atoms with van der Waals surface area (Å²) in [7, 11) is 0. The number of phenols is 1. The summed E-state index contributed by atoms with van der Waals surface area (Å²) in [4.78, 5) is 11.2. The Morgan fingerprint density at radius 1 is 1.62 bits per heavy atom. The molecule has 0 amide bonds. The molecule has 0 aromatic heterocycles. The minimum absolute atomic E-state index is 0.156. The van der Waals surface area contributed by atoms with Crippen molar-refractivity contribution < 1.29 is 9.90 Å². The molecule has 0 atom stereocenters. The van der Waals surface area contributed by atoms with E-state index in [1.165, 1.54) is 0 Å². The van der Waals surface area contributed by atoms with Crippen molar-refractivity contribution in [1.82, 2.24) is 0 Å². The van der Waals surface area contributed by atoms with E-state index in [1.54, 1.807) is 19.1 Å². The van der Waals surface area contributed by atoms with E-state index in [1.807, 2.05) is 0 Å². The smallest absolute Gasteiger partial charge is 0.181 e. The van der Waals surface area contributed by atoms with E-state index >= 15 is 0 Å². The van der Waals surface area contributed by atoms with Gasteiger partial charge in [-0.25, -0.2) is 0 Å². The minimum atomic E-state index is -0.324. The zero-order chi connectivity index (χ0) is 10.0. The second kappa shape index (κ2) is 3.66. The van der Waals surface area contributed by atoms with Gasteiger partial charge in [0.1, 0.15) is 5.75 Å². The van der Waals surface area contributed by atoms with Crippen molar-refractivity contribution in [1.29, 1.82) is 0 Å². The van der Waals surface area contributed by atoms with Crippen LogP contribution in [-0.4, -0.2) is 16.8 Å². The number of phenolic OH excluding ortho intramolecular Hbond substituents is 1. The first-order valence-corrected chi connectivity index (χ1v) is 4.28. The molecule has 0 unspecified atom stereocenters. The number of nitrogens with two attached hydrogens (primary N) is 1. The molecular weight excluding hydrogens is 190 g/mol. The Labute approximate surface area is 81.1 Å². The number of halogens is 1. The van der Waals surface area contributed by atoms with E-state index in [0.29, 0.717) is 0 Å². The van der Waals surface area contributed by atoms with Crippen LogP contribution >= 0.6 is 11.6 Å². The van der Waals surface area contributed by atoms with Crippen molar-refractivity contribution in [2.45, 2.75) is 6.92 Å². The molecule has 0 fully saturated rings. The summed E-state index contributed by atoms with van der Waals surface area (Å²) in [6.07, 6.45) is 0. The quantitative estimate of drug-likeness (QED) is 0.330. The molecule has 0 saturated heterocycles. The average Bonchev–Trinajstić information content (AvgIpc) is 2.10. The Hall–Kier alpha value is -1.22. The number of nitrogen functional groups attached to an aromatic ring is 1. The van der Waals surface area contributed by atoms with Crippen LogP contribution in [0.3, 0.4) is 0 Å². The van der Waals surface area contributed by atoms with Crippen LogP contribution in [-0.2, 0) is 0 Å². The van der Waals surface area contributed by atoms with Crippen LogP contribution in [0.1, 0.15) is 15.9 Å². The van der Waals surface area contributed by atoms with Crippen molar-refractivity contribution in [3.8, 4) is 5.75 Å². The number of aromatic hydroxyl groups is 1. The highest BCUT2D eigenvalue weighted by molar-refractivity contribution is 6.31. The molecule has 0 bridgehead atoms. The molecule has 3 N–H and O–H groups in total. The summed E-state index contributed by atoms with van der Waals surface area (Å²) in [6.45, 7) is 1.79. The number of anilines is 1. The van der Waals surface area contributed by atoms with E-state index in [0.717, 1.165) is 5.56 Å². The van der Waals surface area contributed by atoms with E-state index < -0.39 is 0 Å². The Kier molecular flexibility index (Phi) is 2.78. The first-order valence-electron chi connectivity index (χ1n) is 3.74. The van der Waals surface area contributed by atoms with Crippen LogP contribution in [0.15, 0.2) is 12.1 Å². The minimum Gasteiger partial charge on any atom is -0.505 e. The van der Waals surface area contributed by atoms with Crippen LogP contribution in [0.4, 0.5) is 5.69 Å². The molecule has 3 nitrogen and oxygen atoms in total. The highest BCUT2D eigenvalue weighted by Crippen LogP contribution is 2.27. The normalized spacial score (nSPS) is 10.0. The number of carbonyl (C=O) groups is 1. The molecule has 1 rings (SSSR count). The Balaban J connectivity index is 3.28. The first kappa shape index (κ1) is 9.86. The van der Waals surface area contributed by atoms with Crippen LogP contribution in [0.25, 0.3) is 0 Å². The number of hydrogen-bond donors (Lipinski definition) is 2. The van der Waals surface area contributed by atoms with Gasteiger partial charge >= 0.3 is 0 Å². The number of benzene rings is 1. The molecular formula is C9H10ClNO2. The highest BCUT2D eigenvalue weighted by Gasteiger charge is 2.12. The fourth-order valence-corrected chi connectivity index (χ4v) is 1.24. The topological polar surface area (TPSA) is 63.3 Å². The third kappa shape index (κ3) is 1.92. The Bertz CT molecular complexity index is 350. The largest absolute Gasteiger partial charge is 0.505 e. The standard InChI is InChI=1S/C9H10ClNO2/c1-5-2-6(8(12)4-10)9(13)7(11)3-5/h2-3,13H,4,11H2,1H3. The fourth-order valence-electron chi connectivity index (χ4n) is 1.09. The lowest BCUT2D eigenvalue weighted by Gasteiger charge is -2.05. The van der Waals surface area contributed by atoms with Gasteiger partial charge in [0.15, 0.2) is 5.78 Å². The Morgan fingerprint density at radius 2 is 2.23 bits per heavy atom. The Morgan fingerprint density at radius 3 is 2.77 bits per heavy atom. The van der Waals surface area contributed by atoms with Gasteiger partial charge in [0, 0.05) is 0 Å². The van der Waals surface area contributed by atoms with Gasteiger partial charge in [-0.3, -0.25) is 4.79 Å². The van der Waals surface area contributed by atoms with Gasteiger partial charge < -0.3 is 10.8 Å². The van der Waals surface area contributed by atoms with Crippen LogP contribution in [0.5, 0.6) is 5.75 Å². The van der Waals surface area contributed by atoms with Gasteiger partial charge in [0.2, 0.25) is 0 Å². The van der Waals surface area contributed by atoms with Crippen molar-refractivity contribution in [3.63, 3.8) is 0 Å². The van der Waals surface area contributed by atoms with E-state index in [2.05, 4.69) is 0 Å². The maximum absolute atomic E-state index is 11.2. The van der Waals surface area contributed by atoms with E-state index in [4.69, 9.17) is 17.3 Å². The summed E-state index contributed by atoms with van der Waals surface area (Å²) >= 11 is 5.36. The van der Waals surface area contributed by atoms with E-state index in [-0.39, 0.29) is 28.7 Å². The zero-order valence-corrected chi connectivity index (χ0v) is 7.93. The van der Waals surface area contributed by atoms with Crippen molar-refractivity contribution >= 4 is 23.1 Å². The number of aryl methyl sites for hydroxylation is 1. The van der Waals surface area contributed by atoms with Gasteiger partial charge in [-0.2, -0.15) is 0 Å². The average molecular weight is 200 g/mol. The lowest BCUT2D eigenvalue weighted by atomic mass is 10.1. The number of carbonyl (C=O) groups excluding carboxylic acids is 1. The molecule has 0 radical (unpaired) electrons. The second-order valence-corrected chi connectivity index (χ2v) is 3.07. The molecule has 0 heterocycles. The number of ketones is 1. The first-order chi connectivity index (χ1) is 6.06. The molecule has 0 aliphatic carbocycles. The fraction of sp³-hybridized carbons (Fsp3) is 0.222. The maximum Gasteiger partial charge on any atom is 0.181 e. The molecule has 0 aliphatic heterocycles. The van der Waals surface area contributed by atoms with E-state index in [9.17, 15) is 9.90 Å². The second-order valence-electron chi connectivity index (χ2n) is 2.81. The molecule has 1 aromatic rings. The zero-order valence-electron chi connectivity index (χ0n) is 7.17. The number of Topliss-reactive ketones (excluding diaryl/α,β-unsaturated/α-hetero) is 1. The lowest BCUT2D eigenvalue weighted by Crippen LogP contribution is -2.03. The summed E-state index contributed by atoms with van der Waals surface area (Å²) in [6, 6.07) is 3.16. The number of alkyl halides is 1. The lowest BCUT2D eigenvalue weighted by molar-refractivity contribution is 0.101. The molecule has 0 saturated carbocycles. The molecule has 0 spiro atoms. The van der Waals surface area contributed by atoms with Crippen molar-refractivity contribution in [2.75, 3.05) is 11.6 Å². The predicted molar refractivity (Wildman–Crippen MR) is 52.3 cm³/mol. The van der Waals surface area contributed by atoms with Gasteiger partial charge in [-0.1, -0.05) is 0 Å². The van der Waals surface area contributed by atoms with Gasteiger partial charge in [-0.15, -0.1) is 11.6 Å².